The molecule has 0 radical (unpaired) electrons. The van der Waals surface area contributed by atoms with E-state index in [0.29, 0.717) is 5.92 Å². The van der Waals surface area contributed by atoms with E-state index in [1.807, 2.05) is 31.5 Å². The molecule has 2 fully saturated rings. The topological polar surface area (TPSA) is 87.8 Å². The molecular formula is C20H28N4O2. The number of nitrogens with zero attached hydrogens (tertiary/aromatic N) is 3. The molecule has 1 aromatic rings. The summed E-state index contributed by atoms with van der Waals surface area (Å²) >= 11 is 0. The van der Waals surface area contributed by atoms with Crippen molar-refractivity contribution in [3.8, 4) is 6.07 Å². The second kappa shape index (κ2) is 7.22. The number of rotatable bonds is 5. The van der Waals surface area contributed by atoms with Crippen molar-refractivity contribution in [1.29, 1.82) is 5.26 Å². The number of Topliss-reactive ketones (excluding diaryl/α,β-unsaturated/α-hetero) is 1. The Morgan fingerprint density at radius 1 is 1.23 bits per heavy atom. The molecule has 3 rings (SSSR count). The summed E-state index contributed by atoms with van der Waals surface area (Å²) in [6.45, 7) is 6.12. The molecule has 6 nitrogen and oxygen atoms in total. The first-order chi connectivity index (χ1) is 12.3. The maximum absolute atomic E-state index is 12.8. The fourth-order valence-electron chi connectivity index (χ4n) is 3.64. The van der Waals surface area contributed by atoms with E-state index in [9.17, 15) is 14.9 Å². The van der Waals surface area contributed by atoms with Crippen molar-refractivity contribution >= 4 is 11.7 Å². The lowest BCUT2D eigenvalue weighted by Crippen LogP contribution is -2.42. The van der Waals surface area contributed by atoms with Gasteiger partial charge in [0.2, 0.25) is 11.7 Å². The highest BCUT2D eigenvalue weighted by Crippen LogP contribution is 2.41. The molecule has 1 heterocycles. The lowest BCUT2D eigenvalue weighted by atomic mass is 9.94. The van der Waals surface area contributed by atoms with Crippen LogP contribution in [0.15, 0.2) is 6.07 Å². The van der Waals surface area contributed by atoms with Crippen LogP contribution in [-0.4, -0.2) is 27.5 Å². The van der Waals surface area contributed by atoms with E-state index in [0.717, 1.165) is 44.2 Å². The first-order valence-electron chi connectivity index (χ1n) is 9.66. The van der Waals surface area contributed by atoms with Crippen molar-refractivity contribution in [3.05, 3.63) is 17.5 Å². The van der Waals surface area contributed by atoms with Gasteiger partial charge in [0.05, 0.1) is 11.6 Å². The van der Waals surface area contributed by atoms with Crippen LogP contribution < -0.4 is 5.32 Å². The maximum atomic E-state index is 12.8. The molecule has 2 saturated carbocycles. The number of amides is 1. The lowest BCUT2D eigenvalue weighted by molar-refractivity contribution is -0.123. The van der Waals surface area contributed by atoms with Gasteiger partial charge in [0, 0.05) is 17.7 Å². The molecule has 26 heavy (non-hydrogen) atoms. The van der Waals surface area contributed by atoms with Crippen LogP contribution in [0.3, 0.4) is 0 Å². The van der Waals surface area contributed by atoms with Crippen LogP contribution in [0.4, 0.5) is 0 Å². The second-order valence-corrected chi connectivity index (χ2v) is 8.58. The normalized spacial score (nSPS) is 19.6. The van der Waals surface area contributed by atoms with Crippen LogP contribution in [0.5, 0.6) is 0 Å². The number of carbonyl (C=O) groups excluding carboxylic acids is 2. The van der Waals surface area contributed by atoms with Crippen LogP contribution in [0.2, 0.25) is 0 Å². The summed E-state index contributed by atoms with van der Waals surface area (Å²) < 4.78 is 1.88. The number of carbonyl (C=O) groups is 2. The zero-order valence-corrected chi connectivity index (χ0v) is 15.9. The van der Waals surface area contributed by atoms with Gasteiger partial charge >= 0.3 is 0 Å². The Kier molecular flexibility index (Phi) is 5.17. The highest BCUT2D eigenvalue weighted by molar-refractivity contribution is 6.11. The van der Waals surface area contributed by atoms with E-state index in [1.165, 1.54) is 6.42 Å². The summed E-state index contributed by atoms with van der Waals surface area (Å²) in [6, 6.07) is 3.75. The van der Waals surface area contributed by atoms with Crippen molar-refractivity contribution in [2.75, 3.05) is 0 Å². The number of hydrogen-bond acceptors (Lipinski definition) is 4. The molecular weight excluding hydrogens is 328 g/mol. The summed E-state index contributed by atoms with van der Waals surface area (Å²) in [7, 11) is 0. The minimum Gasteiger partial charge on any atom is -0.352 e. The Morgan fingerprint density at radius 2 is 1.88 bits per heavy atom. The summed E-state index contributed by atoms with van der Waals surface area (Å²) in [5.74, 6) is -1.87. The maximum Gasteiger partial charge on any atom is 0.245 e. The predicted molar refractivity (Wildman–Crippen MR) is 97.6 cm³/mol. The average Bonchev–Trinajstić information content (AvgIpc) is 3.33. The molecule has 0 aliphatic heterocycles. The fourth-order valence-corrected chi connectivity index (χ4v) is 3.64. The van der Waals surface area contributed by atoms with Gasteiger partial charge in [0.25, 0.3) is 0 Å². The molecule has 1 aromatic heterocycles. The quantitative estimate of drug-likeness (QED) is 0.648. The minimum atomic E-state index is -1.33. The third kappa shape index (κ3) is 3.98. The van der Waals surface area contributed by atoms with Crippen molar-refractivity contribution in [2.45, 2.75) is 83.2 Å². The highest BCUT2D eigenvalue weighted by Gasteiger charge is 2.36. The zero-order chi connectivity index (χ0) is 18.9. The molecule has 1 amide bonds. The molecule has 0 aromatic carbocycles. The van der Waals surface area contributed by atoms with E-state index in [-0.39, 0.29) is 17.3 Å². The standard InChI is InChI=1S/C20H28N4O2/c1-20(2,3)24-17(13-9-10-13)11-16(23-24)18(25)15(12-21)19(26)22-14-7-5-4-6-8-14/h11,13-15H,4-10H2,1-3H3,(H,22,26). The summed E-state index contributed by atoms with van der Waals surface area (Å²) in [4.78, 5) is 25.3. The Hall–Kier alpha value is -2.16. The molecule has 2 aliphatic rings. The Balaban J connectivity index is 1.78. The lowest BCUT2D eigenvalue weighted by Gasteiger charge is -2.23. The van der Waals surface area contributed by atoms with Gasteiger partial charge in [0.15, 0.2) is 5.92 Å². The molecule has 0 saturated heterocycles. The zero-order valence-electron chi connectivity index (χ0n) is 15.9. The number of nitrogens with one attached hydrogen (secondary N) is 1. The van der Waals surface area contributed by atoms with Gasteiger partial charge in [-0.1, -0.05) is 19.3 Å². The van der Waals surface area contributed by atoms with Gasteiger partial charge in [-0.05, 0) is 52.5 Å². The molecule has 2 aliphatic carbocycles. The predicted octanol–water partition coefficient (Wildman–Crippen LogP) is 3.29. The van der Waals surface area contributed by atoms with E-state index in [4.69, 9.17) is 0 Å². The van der Waals surface area contributed by atoms with E-state index < -0.39 is 17.6 Å². The fraction of sp³-hybridized carbons (Fsp3) is 0.700. The summed E-state index contributed by atoms with van der Waals surface area (Å²) in [6.07, 6.45) is 7.37. The Bertz CT molecular complexity index is 728. The molecule has 1 unspecified atom stereocenters. The van der Waals surface area contributed by atoms with Crippen molar-refractivity contribution < 1.29 is 9.59 Å². The van der Waals surface area contributed by atoms with Gasteiger partial charge in [-0.25, -0.2) is 0 Å². The first-order valence-corrected chi connectivity index (χ1v) is 9.66. The number of ketones is 1. The summed E-state index contributed by atoms with van der Waals surface area (Å²) in [5, 5.41) is 16.8. The van der Waals surface area contributed by atoms with E-state index in [2.05, 4.69) is 10.4 Å². The van der Waals surface area contributed by atoms with Crippen LogP contribution in [0, 0.1) is 17.2 Å². The first kappa shape index (κ1) is 18.6. The number of hydrogen-bond donors (Lipinski definition) is 1. The van der Waals surface area contributed by atoms with Gasteiger partial charge in [-0.3, -0.25) is 14.3 Å². The van der Waals surface area contributed by atoms with Crippen LogP contribution in [-0.2, 0) is 10.3 Å². The molecule has 1 atom stereocenters. The summed E-state index contributed by atoms with van der Waals surface area (Å²) in [5.41, 5.74) is 1.01. The van der Waals surface area contributed by atoms with Gasteiger partial charge in [-0.15, -0.1) is 0 Å². The van der Waals surface area contributed by atoms with Crippen LogP contribution in [0.1, 0.15) is 87.8 Å². The third-order valence-electron chi connectivity index (χ3n) is 5.23. The SMILES string of the molecule is CC(C)(C)n1nc(C(=O)C(C#N)C(=O)NC2CCCCC2)cc1C1CC1. The largest absolute Gasteiger partial charge is 0.352 e. The Labute approximate surface area is 154 Å². The van der Waals surface area contributed by atoms with Crippen molar-refractivity contribution in [2.24, 2.45) is 5.92 Å². The molecule has 6 heteroatoms. The highest BCUT2D eigenvalue weighted by atomic mass is 16.2. The number of aromatic nitrogens is 2. The molecule has 140 valence electrons. The van der Waals surface area contributed by atoms with Crippen molar-refractivity contribution in [3.63, 3.8) is 0 Å². The second-order valence-electron chi connectivity index (χ2n) is 8.58. The number of nitriles is 1. The van der Waals surface area contributed by atoms with E-state index in [1.54, 1.807) is 6.07 Å². The molecule has 0 bridgehead atoms. The van der Waals surface area contributed by atoms with Gasteiger partial charge < -0.3 is 5.32 Å². The molecule has 1 N–H and O–H groups in total. The molecule has 0 spiro atoms. The monoisotopic (exact) mass is 356 g/mol. The Morgan fingerprint density at radius 3 is 2.42 bits per heavy atom. The van der Waals surface area contributed by atoms with E-state index >= 15 is 0 Å². The smallest absolute Gasteiger partial charge is 0.245 e. The van der Waals surface area contributed by atoms with Crippen LogP contribution in [0.25, 0.3) is 0 Å². The van der Waals surface area contributed by atoms with Crippen molar-refractivity contribution in [1.82, 2.24) is 15.1 Å². The van der Waals surface area contributed by atoms with Crippen LogP contribution >= 0.6 is 0 Å². The van der Waals surface area contributed by atoms with Gasteiger partial charge in [-0.2, -0.15) is 10.4 Å². The minimum absolute atomic E-state index is 0.0778. The third-order valence-corrected chi connectivity index (χ3v) is 5.23. The van der Waals surface area contributed by atoms with Gasteiger partial charge in [0.1, 0.15) is 5.69 Å². The average molecular weight is 356 g/mol.